The Labute approximate surface area is 125 Å². The van der Waals surface area contributed by atoms with Crippen molar-refractivity contribution in [1.29, 1.82) is 0 Å². The molecule has 2 rings (SSSR count). The third-order valence-corrected chi connectivity index (χ3v) is 5.54. The quantitative estimate of drug-likeness (QED) is 0.838. The van der Waals surface area contributed by atoms with Gasteiger partial charge in [0.2, 0.25) is 0 Å². The summed E-state index contributed by atoms with van der Waals surface area (Å²) in [5, 5.41) is 2.63. The first-order valence-electron chi connectivity index (χ1n) is 5.38. The van der Waals surface area contributed by atoms with Crippen LogP contribution in [0.1, 0.15) is 10.4 Å². The number of carbonyl (C=O) groups is 1. The molecule has 0 spiro atoms. The maximum Gasteiger partial charge on any atom is 0.251 e. The third kappa shape index (κ3) is 3.75. The van der Waals surface area contributed by atoms with Crippen molar-refractivity contribution in [2.75, 3.05) is 11.5 Å². The van der Waals surface area contributed by atoms with Crippen LogP contribution >= 0.6 is 34.8 Å². The minimum absolute atomic E-state index is 0.129. The van der Waals surface area contributed by atoms with Crippen LogP contribution in [0, 0.1) is 0 Å². The number of hydrogen-bond donors (Lipinski definition) is 1. The van der Waals surface area contributed by atoms with Gasteiger partial charge in [-0.15, -0.1) is 11.6 Å². The van der Waals surface area contributed by atoms with Crippen LogP contribution in [0.5, 0.6) is 0 Å². The molecule has 4 nitrogen and oxygen atoms in total. The first-order chi connectivity index (χ1) is 8.77. The van der Waals surface area contributed by atoms with E-state index in [0.29, 0.717) is 10.0 Å². The molecule has 0 aromatic heterocycles. The van der Waals surface area contributed by atoms with Crippen LogP contribution in [-0.4, -0.2) is 37.2 Å². The van der Waals surface area contributed by atoms with Crippen molar-refractivity contribution in [1.82, 2.24) is 5.32 Å². The zero-order valence-corrected chi connectivity index (χ0v) is 12.7. The van der Waals surface area contributed by atoms with Gasteiger partial charge in [-0.3, -0.25) is 4.79 Å². The zero-order valence-electron chi connectivity index (χ0n) is 9.57. The van der Waals surface area contributed by atoms with E-state index in [1.807, 2.05) is 0 Å². The number of hydrogen-bond acceptors (Lipinski definition) is 3. The first-order valence-corrected chi connectivity index (χ1v) is 8.40. The Kier molecular flexibility index (Phi) is 4.30. The Morgan fingerprint density at radius 3 is 2.21 bits per heavy atom. The van der Waals surface area contributed by atoms with E-state index in [2.05, 4.69) is 5.32 Å². The molecule has 0 radical (unpaired) electrons. The van der Waals surface area contributed by atoms with Gasteiger partial charge in [-0.25, -0.2) is 8.42 Å². The van der Waals surface area contributed by atoms with Gasteiger partial charge < -0.3 is 5.32 Å². The molecule has 0 saturated carbocycles. The molecule has 1 amide bonds. The van der Waals surface area contributed by atoms with Crippen molar-refractivity contribution in [3.63, 3.8) is 0 Å². The van der Waals surface area contributed by atoms with Gasteiger partial charge >= 0.3 is 0 Å². The van der Waals surface area contributed by atoms with Crippen LogP contribution in [0.4, 0.5) is 0 Å². The first kappa shape index (κ1) is 14.9. The number of nitrogens with one attached hydrogen (secondary N) is 1. The number of rotatable bonds is 2. The monoisotopic (exact) mass is 341 g/mol. The van der Waals surface area contributed by atoms with E-state index >= 15 is 0 Å². The van der Waals surface area contributed by atoms with Gasteiger partial charge in [0.25, 0.3) is 5.91 Å². The van der Waals surface area contributed by atoms with Gasteiger partial charge in [-0.1, -0.05) is 23.2 Å². The molecule has 1 aromatic carbocycles. The highest BCUT2D eigenvalue weighted by atomic mass is 35.5. The molecule has 1 heterocycles. The lowest BCUT2D eigenvalue weighted by Crippen LogP contribution is -2.40. The number of amides is 1. The van der Waals surface area contributed by atoms with Gasteiger partial charge in [0.1, 0.15) is 0 Å². The summed E-state index contributed by atoms with van der Waals surface area (Å²) in [6.07, 6.45) is 0. The van der Waals surface area contributed by atoms with Crippen LogP contribution < -0.4 is 5.32 Å². The van der Waals surface area contributed by atoms with E-state index in [-0.39, 0.29) is 17.1 Å². The fourth-order valence-corrected chi connectivity index (χ4v) is 4.95. The summed E-state index contributed by atoms with van der Waals surface area (Å²) in [5.74, 6) is -0.728. The van der Waals surface area contributed by atoms with E-state index in [1.54, 1.807) is 0 Å². The zero-order chi connectivity index (χ0) is 14.2. The molecular formula is C11H10Cl3NO3S. The predicted octanol–water partition coefficient (Wildman–Crippen LogP) is 2.13. The lowest BCUT2D eigenvalue weighted by molar-refractivity contribution is 0.0941. The van der Waals surface area contributed by atoms with Gasteiger partial charge in [0.05, 0.1) is 22.9 Å². The van der Waals surface area contributed by atoms with Crippen LogP contribution in [0.25, 0.3) is 0 Å². The lowest BCUT2D eigenvalue weighted by Gasteiger charge is -2.14. The predicted molar refractivity (Wildman–Crippen MR) is 76.0 cm³/mol. The van der Waals surface area contributed by atoms with Gasteiger partial charge in [0, 0.05) is 15.6 Å². The standard InChI is InChI=1S/C11H10Cl3NO3S/c12-7-1-6(2-8(13)3-7)11(16)15-10-5-19(17,18)4-9(10)14/h1-3,9-10H,4-5H2,(H,15,16). The molecule has 2 unspecified atom stereocenters. The summed E-state index contributed by atoms with van der Waals surface area (Å²) in [4.78, 5) is 12.0. The second kappa shape index (κ2) is 5.48. The number of halogens is 3. The van der Waals surface area contributed by atoms with Gasteiger partial charge in [0.15, 0.2) is 9.84 Å². The third-order valence-electron chi connectivity index (χ3n) is 2.72. The summed E-state index contributed by atoms with van der Waals surface area (Å²) < 4.78 is 22.8. The molecule has 19 heavy (non-hydrogen) atoms. The second-order valence-electron chi connectivity index (χ2n) is 4.33. The van der Waals surface area contributed by atoms with Crippen molar-refractivity contribution in [3.05, 3.63) is 33.8 Å². The summed E-state index contributed by atoms with van der Waals surface area (Å²) >= 11 is 17.5. The average Bonchev–Trinajstić information content (AvgIpc) is 2.50. The molecule has 2 atom stereocenters. The molecule has 1 fully saturated rings. The highest BCUT2D eigenvalue weighted by molar-refractivity contribution is 7.91. The molecule has 1 N–H and O–H groups in total. The Bertz CT molecular complexity index is 597. The summed E-state index contributed by atoms with van der Waals surface area (Å²) in [6.45, 7) is 0. The average molecular weight is 343 g/mol. The van der Waals surface area contributed by atoms with Gasteiger partial charge in [-0.05, 0) is 18.2 Å². The van der Waals surface area contributed by atoms with Crippen molar-refractivity contribution in [2.45, 2.75) is 11.4 Å². The fourth-order valence-electron chi connectivity index (χ4n) is 1.87. The lowest BCUT2D eigenvalue weighted by atomic mass is 10.2. The highest BCUT2D eigenvalue weighted by Gasteiger charge is 2.37. The fraction of sp³-hybridized carbons (Fsp3) is 0.364. The highest BCUT2D eigenvalue weighted by Crippen LogP contribution is 2.21. The smallest absolute Gasteiger partial charge is 0.251 e. The van der Waals surface area contributed by atoms with Crippen LogP contribution in [0.3, 0.4) is 0 Å². The maximum atomic E-state index is 12.0. The molecule has 1 saturated heterocycles. The van der Waals surface area contributed by atoms with Crippen molar-refractivity contribution >= 4 is 50.5 Å². The molecule has 0 aliphatic carbocycles. The van der Waals surface area contributed by atoms with E-state index in [4.69, 9.17) is 34.8 Å². The Balaban J connectivity index is 2.13. The van der Waals surface area contributed by atoms with E-state index in [0.717, 1.165) is 0 Å². The maximum absolute atomic E-state index is 12.0. The van der Waals surface area contributed by atoms with Crippen molar-refractivity contribution in [2.24, 2.45) is 0 Å². The molecule has 104 valence electrons. The van der Waals surface area contributed by atoms with E-state index < -0.39 is 27.2 Å². The Morgan fingerprint density at radius 2 is 1.74 bits per heavy atom. The molecule has 1 aliphatic heterocycles. The summed E-state index contributed by atoms with van der Waals surface area (Å²) in [7, 11) is -3.19. The van der Waals surface area contributed by atoms with Crippen molar-refractivity contribution in [3.8, 4) is 0 Å². The van der Waals surface area contributed by atoms with Crippen LogP contribution in [0.2, 0.25) is 10.0 Å². The summed E-state index contributed by atoms with van der Waals surface area (Å²) in [6, 6.07) is 3.81. The van der Waals surface area contributed by atoms with Crippen LogP contribution in [-0.2, 0) is 9.84 Å². The van der Waals surface area contributed by atoms with Gasteiger partial charge in [-0.2, -0.15) is 0 Å². The van der Waals surface area contributed by atoms with Crippen LogP contribution in [0.15, 0.2) is 18.2 Å². The minimum Gasteiger partial charge on any atom is -0.347 e. The minimum atomic E-state index is -3.19. The van der Waals surface area contributed by atoms with E-state index in [9.17, 15) is 13.2 Å². The number of carbonyl (C=O) groups excluding carboxylic acids is 1. The molecular weight excluding hydrogens is 333 g/mol. The number of sulfone groups is 1. The second-order valence-corrected chi connectivity index (χ2v) is 7.92. The number of benzene rings is 1. The molecule has 0 bridgehead atoms. The SMILES string of the molecule is O=C(NC1CS(=O)(=O)CC1Cl)c1cc(Cl)cc(Cl)c1. The topological polar surface area (TPSA) is 63.2 Å². The molecule has 1 aliphatic rings. The molecule has 1 aromatic rings. The Morgan fingerprint density at radius 1 is 1.16 bits per heavy atom. The normalized spacial score (nSPS) is 25.2. The number of alkyl halides is 1. The van der Waals surface area contributed by atoms with Crippen molar-refractivity contribution < 1.29 is 13.2 Å². The van der Waals surface area contributed by atoms with E-state index in [1.165, 1.54) is 18.2 Å². The largest absolute Gasteiger partial charge is 0.347 e. The Hall–Kier alpha value is -0.490. The molecule has 8 heteroatoms. The summed E-state index contributed by atoms with van der Waals surface area (Å²) in [5.41, 5.74) is 0.269.